The van der Waals surface area contributed by atoms with Gasteiger partial charge in [0.15, 0.2) is 0 Å². The zero-order chi connectivity index (χ0) is 16.7. The SMILES string of the molecule is CCC[NH+]1CCc2c(sc3c2c(NC[C@H](C)O)nc2nnnn23)C1. The summed E-state index contributed by atoms with van der Waals surface area (Å²) in [7, 11) is 0. The molecule has 3 aromatic rings. The number of tetrazole rings is 1. The van der Waals surface area contributed by atoms with E-state index in [4.69, 9.17) is 0 Å². The fourth-order valence-corrected chi connectivity index (χ4v) is 4.76. The number of thiophene rings is 1. The number of aliphatic hydroxyl groups is 1. The second kappa shape index (κ2) is 6.23. The van der Waals surface area contributed by atoms with E-state index in [1.807, 2.05) is 0 Å². The van der Waals surface area contributed by atoms with Crippen molar-refractivity contribution in [3.05, 3.63) is 10.4 Å². The molecule has 1 aliphatic rings. The van der Waals surface area contributed by atoms with Crippen LogP contribution in [0, 0.1) is 0 Å². The Balaban J connectivity index is 1.85. The van der Waals surface area contributed by atoms with Crippen LogP contribution in [0.3, 0.4) is 0 Å². The van der Waals surface area contributed by atoms with Crippen LogP contribution in [0.5, 0.6) is 0 Å². The standard InChI is InChI=1S/C15H21N7OS/c1-3-5-21-6-4-10-11(8-21)24-14-12(10)13(16-7-9(2)23)17-15-18-19-20-22(14)15/h9,23H,3-8H2,1-2H3,(H,16,17,18,20)/p+1/t9-/m0/s1. The van der Waals surface area contributed by atoms with Gasteiger partial charge in [0.05, 0.1) is 29.5 Å². The lowest BCUT2D eigenvalue weighted by Crippen LogP contribution is -3.11. The largest absolute Gasteiger partial charge is 0.392 e. The highest BCUT2D eigenvalue weighted by molar-refractivity contribution is 7.19. The fourth-order valence-electron chi connectivity index (χ4n) is 3.39. The van der Waals surface area contributed by atoms with Gasteiger partial charge in [0.25, 0.3) is 5.78 Å². The smallest absolute Gasteiger partial charge is 0.276 e. The van der Waals surface area contributed by atoms with E-state index < -0.39 is 6.10 Å². The average Bonchev–Trinajstić information content (AvgIpc) is 3.16. The summed E-state index contributed by atoms with van der Waals surface area (Å²) in [6.45, 7) is 7.87. The van der Waals surface area contributed by atoms with Crippen LogP contribution in [0.15, 0.2) is 0 Å². The molecule has 0 radical (unpaired) electrons. The van der Waals surface area contributed by atoms with Crippen molar-refractivity contribution in [2.45, 2.75) is 39.3 Å². The van der Waals surface area contributed by atoms with Gasteiger partial charge in [0, 0.05) is 13.0 Å². The zero-order valence-corrected chi connectivity index (χ0v) is 14.7. The van der Waals surface area contributed by atoms with Crippen LogP contribution < -0.4 is 10.2 Å². The Hall–Kier alpha value is -1.84. The van der Waals surface area contributed by atoms with Crippen molar-refractivity contribution >= 4 is 33.1 Å². The van der Waals surface area contributed by atoms with E-state index in [1.54, 1.807) is 27.7 Å². The predicted octanol–water partition coefficient (Wildman–Crippen LogP) is -0.122. The second-order valence-corrected chi connectivity index (χ2v) is 7.53. The molecule has 3 aromatic heterocycles. The minimum Gasteiger partial charge on any atom is -0.392 e. The topological polar surface area (TPSA) is 92.7 Å². The van der Waals surface area contributed by atoms with Crippen LogP contribution in [-0.2, 0) is 13.0 Å². The molecule has 1 aliphatic heterocycles. The highest BCUT2D eigenvalue weighted by Crippen LogP contribution is 2.36. The van der Waals surface area contributed by atoms with Gasteiger partial charge in [-0.3, -0.25) is 0 Å². The molecule has 4 heterocycles. The van der Waals surface area contributed by atoms with Crippen molar-refractivity contribution in [3.8, 4) is 0 Å². The number of nitrogens with zero attached hydrogens (tertiary/aromatic N) is 5. The molecule has 128 valence electrons. The van der Waals surface area contributed by atoms with Crippen LogP contribution in [0.25, 0.3) is 16.0 Å². The quantitative estimate of drug-likeness (QED) is 0.595. The number of aliphatic hydroxyl groups excluding tert-OH is 1. The first-order valence-corrected chi connectivity index (χ1v) is 9.27. The normalized spacial score (nSPS) is 18.9. The molecule has 0 fully saturated rings. The number of aromatic nitrogens is 5. The molecule has 0 aliphatic carbocycles. The van der Waals surface area contributed by atoms with Crippen LogP contribution in [0.1, 0.15) is 30.7 Å². The Morgan fingerprint density at radius 1 is 1.46 bits per heavy atom. The molecule has 24 heavy (non-hydrogen) atoms. The number of hydrogen-bond donors (Lipinski definition) is 3. The minimum atomic E-state index is -0.437. The lowest BCUT2D eigenvalue weighted by Gasteiger charge is -2.23. The molecule has 0 bridgehead atoms. The van der Waals surface area contributed by atoms with Crippen molar-refractivity contribution in [1.29, 1.82) is 0 Å². The Kier molecular flexibility index (Phi) is 4.07. The number of anilines is 1. The molecule has 9 heteroatoms. The van der Waals surface area contributed by atoms with Crippen LogP contribution in [0.4, 0.5) is 5.82 Å². The summed E-state index contributed by atoms with van der Waals surface area (Å²) in [5, 5.41) is 25.9. The van der Waals surface area contributed by atoms with Crippen LogP contribution >= 0.6 is 11.3 Å². The van der Waals surface area contributed by atoms with E-state index in [-0.39, 0.29) is 0 Å². The zero-order valence-electron chi connectivity index (χ0n) is 13.9. The maximum absolute atomic E-state index is 9.61. The number of fused-ring (bicyclic) bond motifs is 5. The molecule has 0 saturated heterocycles. The van der Waals surface area contributed by atoms with Gasteiger partial charge in [-0.15, -0.1) is 11.3 Å². The Labute approximate surface area is 143 Å². The number of rotatable bonds is 5. The molecule has 1 unspecified atom stereocenters. The van der Waals surface area contributed by atoms with Gasteiger partial charge >= 0.3 is 0 Å². The summed E-state index contributed by atoms with van der Waals surface area (Å²) in [4.78, 5) is 8.66. The van der Waals surface area contributed by atoms with Gasteiger partial charge in [0.2, 0.25) is 0 Å². The molecule has 0 aromatic carbocycles. The monoisotopic (exact) mass is 348 g/mol. The summed E-state index contributed by atoms with van der Waals surface area (Å²) >= 11 is 1.77. The molecular weight excluding hydrogens is 326 g/mol. The van der Waals surface area contributed by atoms with Crippen molar-refractivity contribution in [3.63, 3.8) is 0 Å². The Bertz CT molecular complexity index is 872. The third-order valence-electron chi connectivity index (χ3n) is 4.47. The van der Waals surface area contributed by atoms with E-state index in [2.05, 4.69) is 32.7 Å². The minimum absolute atomic E-state index is 0.437. The Morgan fingerprint density at radius 3 is 3.12 bits per heavy atom. The lowest BCUT2D eigenvalue weighted by molar-refractivity contribution is -0.915. The molecular formula is C15H22N7OS+. The van der Waals surface area contributed by atoms with Gasteiger partial charge in [-0.1, -0.05) is 12.0 Å². The molecule has 0 saturated carbocycles. The summed E-state index contributed by atoms with van der Waals surface area (Å²) < 4.78 is 1.73. The first-order valence-electron chi connectivity index (χ1n) is 8.45. The molecule has 3 N–H and O–H groups in total. The van der Waals surface area contributed by atoms with E-state index in [0.717, 1.165) is 35.5 Å². The molecule has 4 rings (SSSR count). The third kappa shape index (κ3) is 2.62. The predicted molar refractivity (Wildman–Crippen MR) is 92.5 cm³/mol. The Morgan fingerprint density at radius 2 is 2.33 bits per heavy atom. The first-order chi connectivity index (χ1) is 11.7. The van der Waals surface area contributed by atoms with Crippen molar-refractivity contribution < 1.29 is 10.0 Å². The summed E-state index contributed by atoms with van der Waals surface area (Å²) in [6, 6.07) is 0. The van der Waals surface area contributed by atoms with Gasteiger partial charge in [-0.25, -0.2) is 0 Å². The molecule has 0 amide bonds. The van der Waals surface area contributed by atoms with Crippen molar-refractivity contribution in [2.75, 3.05) is 25.0 Å². The van der Waals surface area contributed by atoms with E-state index in [9.17, 15) is 5.11 Å². The van der Waals surface area contributed by atoms with Crippen molar-refractivity contribution in [1.82, 2.24) is 25.0 Å². The maximum Gasteiger partial charge on any atom is 0.276 e. The van der Waals surface area contributed by atoms with Gasteiger partial charge in [-0.05, 0) is 29.3 Å². The highest BCUT2D eigenvalue weighted by atomic mass is 32.1. The van der Waals surface area contributed by atoms with E-state index >= 15 is 0 Å². The number of nitrogens with one attached hydrogen (secondary N) is 2. The van der Waals surface area contributed by atoms with Crippen LogP contribution in [-0.4, -0.2) is 55.9 Å². The van der Waals surface area contributed by atoms with Gasteiger partial charge in [0.1, 0.15) is 17.2 Å². The fraction of sp³-hybridized carbons (Fsp3) is 0.600. The molecule has 0 spiro atoms. The molecule has 8 nitrogen and oxygen atoms in total. The highest BCUT2D eigenvalue weighted by Gasteiger charge is 2.27. The number of hydrogen-bond acceptors (Lipinski definition) is 7. The van der Waals surface area contributed by atoms with Crippen molar-refractivity contribution in [2.24, 2.45) is 0 Å². The first kappa shape index (κ1) is 15.7. The van der Waals surface area contributed by atoms with Crippen LogP contribution in [0.2, 0.25) is 0 Å². The third-order valence-corrected chi connectivity index (χ3v) is 5.68. The maximum atomic E-state index is 9.61. The molecule has 2 atom stereocenters. The summed E-state index contributed by atoms with van der Waals surface area (Å²) in [6.07, 6.45) is 1.81. The van der Waals surface area contributed by atoms with Gasteiger partial charge in [-0.2, -0.15) is 9.50 Å². The summed E-state index contributed by atoms with van der Waals surface area (Å²) in [5.74, 6) is 1.27. The van der Waals surface area contributed by atoms with E-state index in [0.29, 0.717) is 12.3 Å². The number of quaternary nitrogens is 1. The summed E-state index contributed by atoms with van der Waals surface area (Å²) in [5.41, 5.74) is 1.37. The second-order valence-electron chi connectivity index (χ2n) is 6.44. The lowest BCUT2D eigenvalue weighted by atomic mass is 10.0. The average molecular weight is 348 g/mol. The van der Waals surface area contributed by atoms with Gasteiger partial charge < -0.3 is 15.3 Å². The van der Waals surface area contributed by atoms with E-state index in [1.165, 1.54) is 23.4 Å².